The molecule has 11 nitrogen and oxygen atoms in total. The van der Waals surface area contributed by atoms with Crippen molar-refractivity contribution in [1.82, 2.24) is 20.2 Å². The van der Waals surface area contributed by atoms with E-state index in [1.165, 1.54) is 0 Å². The number of fused-ring (bicyclic) bond motifs is 1. The zero-order valence-corrected chi connectivity index (χ0v) is 19.1. The van der Waals surface area contributed by atoms with Crippen molar-refractivity contribution in [2.24, 2.45) is 0 Å². The van der Waals surface area contributed by atoms with Gasteiger partial charge in [-0.2, -0.15) is 0 Å². The van der Waals surface area contributed by atoms with Crippen LogP contribution in [0.2, 0.25) is 0 Å². The summed E-state index contributed by atoms with van der Waals surface area (Å²) < 4.78 is 24.4. The molecule has 2 aliphatic rings. The van der Waals surface area contributed by atoms with E-state index < -0.39 is 18.3 Å². The van der Waals surface area contributed by atoms with E-state index in [2.05, 4.69) is 20.8 Å². The Kier molecular flexibility index (Phi) is 6.03. The van der Waals surface area contributed by atoms with Gasteiger partial charge in [-0.05, 0) is 59.0 Å². The highest BCUT2D eigenvalue weighted by molar-refractivity contribution is 5.84. The molecular formula is C23H26N6O5. The monoisotopic (exact) mass is 466 g/mol. The van der Waals surface area contributed by atoms with Gasteiger partial charge in [-0.1, -0.05) is 0 Å². The van der Waals surface area contributed by atoms with Gasteiger partial charge in [0.15, 0.2) is 11.9 Å². The lowest BCUT2D eigenvalue weighted by Crippen LogP contribution is -2.35. The minimum Gasteiger partial charge on any atom is -0.497 e. The number of anilines is 2. The summed E-state index contributed by atoms with van der Waals surface area (Å²) in [5, 5.41) is 15.0. The summed E-state index contributed by atoms with van der Waals surface area (Å²) >= 11 is 0. The lowest BCUT2D eigenvalue weighted by atomic mass is 10.1. The van der Waals surface area contributed by atoms with Gasteiger partial charge in [0.05, 0.1) is 20.3 Å². The van der Waals surface area contributed by atoms with E-state index in [-0.39, 0.29) is 18.8 Å². The SMILES string of the molecule is COc1ccc(NC(=O)O[C@@H]2CO[C@H]3[C@@H]2OC[C@@H]3n2nnnc2-c2ccc(N(C)C)cc2)cc1. The van der Waals surface area contributed by atoms with Crippen LogP contribution in [0.15, 0.2) is 48.5 Å². The molecule has 2 fully saturated rings. The zero-order chi connectivity index (χ0) is 23.7. The van der Waals surface area contributed by atoms with Gasteiger partial charge in [0, 0.05) is 31.0 Å². The number of hydrogen-bond acceptors (Lipinski definition) is 9. The minimum absolute atomic E-state index is 0.233. The third-order valence-corrected chi connectivity index (χ3v) is 6.03. The van der Waals surface area contributed by atoms with Gasteiger partial charge >= 0.3 is 6.09 Å². The van der Waals surface area contributed by atoms with Crippen molar-refractivity contribution in [3.05, 3.63) is 48.5 Å². The van der Waals surface area contributed by atoms with Gasteiger partial charge in [0.2, 0.25) is 0 Å². The van der Waals surface area contributed by atoms with Crippen LogP contribution in [-0.2, 0) is 14.2 Å². The number of ether oxygens (including phenoxy) is 4. The third kappa shape index (κ3) is 4.27. The van der Waals surface area contributed by atoms with Crippen molar-refractivity contribution in [3.8, 4) is 17.1 Å². The summed E-state index contributed by atoms with van der Waals surface area (Å²) in [6.07, 6.45) is -1.84. The average molecular weight is 466 g/mol. The summed E-state index contributed by atoms with van der Waals surface area (Å²) in [5.41, 5.74) is 2.58. The molecule has 34 heavy (non-hydrogen) atoms. The molecule has 1 amide bonds. The van der Waals surface area contributed by atoms with Gasteiger partial charge in [-0.15, -0.1) is 5.10 Å². The summed E-state index contributed by atoms with van der Waals surface area (Å²) in [7, 11) is 5.56. The Balaban J connectivity index is 1.24. The van der Waals surface area contributed by atoms with Crippen LogP contribution in [0, 0.1) is 0 Å². The smallest absolute Gasteiger partial charge is 0.412 e. The van der Waals surface area contributed by atoms with Gasteiger partial charge in [0.25, 0.3) is 0 Å². The van der Waals surface area contributed by atoms with Gasteiger partial charge in [-0.3, -0.25) is 5.32 Å². The second kappa shape index (κ2) is 9.27. The Morgan fingerprint density at radius 3 is 2.50 bits per heavy atom. The number of benzene rings is 2. The number of methoxy groups -OCH3 is 1. The molecule has 1 aromatic heterocycles. The van der Waals surface area contributed by atoms with E-state index in [9.17, 15) is 4.79 Å². The molecule has 5 rings (SSSR count). The molecule has 0 spiro atoms. The van der Waals surface area contributed by atoms with Crippen molar-refractivity contribution < 1.29 is 23.7 Å². The van der Waals surface area contributed by atoms with Crippen molar-refractivity contribution in [2.75, 3.05) is 44.6 Å². The Morgan fingerprint density at radius 1 is 1.06 bits per heavy atom. The maximum absolute atomic E-state index is 12.4. The summed E-state index contributed by atoms with van der Waals surface area (Å²) in [5.74, 6) is 1.33. The average Bonchev–Trinajstić information content (AvgIpc) is 3.57. The van der Waals surface area contributed by atoms with Crippen LogP contribution in [0.1, 0.15) is 6.04 Å². The molecule has 0 unspecified atom stereocenters. The summed E-state index contributed by atoms with van der Waals surface area (Å²) in [4.78, 5) is 14.4. The molecule has 178 valence electrons. The van der Waals surface area contributed by atoms with Gasteiger partial charge < -0.3 is 23.8 Å². The lowest BCUT2D eigenvalue weighted by molar-refractivity contribution is 0.00774. The number of rotatable bonds is 6. The quantitative estimate of drug-likeness (QED) is 0.585. The van der Waals surface area contributed by atoms with E-state index in [0.29, 0.717) is 23.9 Å². The van der Waals surface area contributed by atoms with Gasteiger partial charge in [0.1, 0.15) is 24.0 Å². The maximum atomic E-state index is 12.4. The molecular weight excluding hydrogens is 440 g/mol. The number of amides is 1. The van der Waals surface area contributed by atoms with Crippen molar-refractivity contribution in [1.29, 1.82) is 0 Å². The summed E-state index contributed by atoms with van der Waals surface area (Å²) in [6.45, 7) is 0.583. The van der Waals surface area contributed by atoms with E-state index >= 15 is 0 Å². The van der Waals surface area contributed by atoms with E-state index in [1.807, 2.05) is 43.3 Å². The Morgan fingerprint density at radius 2 is 1.79 bits per heavy atom. The molecule has 0 saturated carbocycles. The number of carbonyl (C=O) groups is 1. The second-order valence-electron chi connectivity index (χ2n) is 8.35. The lowest BCUT2D eigenvalue weighted by Gasteiger charge is -2.18. The molecule has 2 aliphatic heterocycles. The highest BCUT2D eigenvalue weighted by Gasteiger charge is 2.51. The van der Waals surface area contributed by atoms with Crippen LogP contribution in [0.4, 0.5) is 16.2 Å². The van der Waals surface area contributed by atoms with Crippen LogP contribution in [-0.4, -0.2) is 79.0 Å². The van der Waals surface area contributed by atoms with Crippen molar-refractivity contribution >= 4 is 17.5 Å². The highest BCUT2D eigenvalue weighted by Crippen LogP contribution is 2.37. The molecule has 0 bridgehead atoms. The number of carbonyl (C=O) groups excluding carboxylic acids is 1. The van der Waals surface area contributed by atoms with Crippen LogP contribution in [0.3, 0.4) is 0 Å². The van der Waals surface area contributed by atoms with Crippen LogP contribution in [0.5, 0.6) is 5.75 Å². The largest absolute Gasteiger partial charge is 0.497 e. The molecule has 11 heteroatoms. The van der Waals surface area contributed by atoms with Crippen LogP contribution >= 0.6 is 0 Å². The first-order valence-electron chi connectivity index (χ1n) is 10.9. The van der Waals surface area contributed by atoms with E-state index in [1.54, 1.807) is 36.1 Å². The fourth-order valence-corrected chi connectivity index (χ4v) is 4.23. The van der Waals surface area contributed by atoms with Gasteiger partial charge in [-0.25, -0.2) is 9.48 Å². The fraction of sp³-hybridized carbons (Fsp3) is 0.391. The molecule has 1 N–H and O–H groups in total. The Hall–Kier alpha value is -3.70. The predicted molar refractivity (Wildman–Crippen MR) is 123 cm³/mol. The number of nitrogens with zero attached hydrogens (tertiary/aromatic N) is 5. The topological polar surface area (TPSA) is 113 Å². The first-order valence-corrected chi connectivity index (χ1v) is 10.9. The van der Waals surface area contributed by atoms with Crippen molar-refractivity contribution in [2.45, 2.75) is 24.4 Å². The molecule has 0 aliphatic carbocycles. The number of tetrazole rings is 1. The molecule has 2 aromatic carbocycles. The molecule has 4 atom stereocenters. The standard InChI is InChI=1S/C23H26N6O5/c1-28(2)16-8-4-14(5-9-16)22-25-26-27-29(22)18-12-32-21-19(13-33-20(18)21)34-23(30)24-15-6-10-17(31-3)11-7-15/h4-11,18-21H,12-13H2,1-3H3,(H,24,30)/t18-,19+,20+,21+/m0/s1. The molecule has 3 heterocycles. The normalized spacial score (nSPS) is 23.4. The first-order chi connectivity index (χ1) is 16.5. The van der Waals surface area contributed by atoms with Crippen LogP contribution in [0.25, 0.3) is 11.4 Å². The number of nitrogens with one attached hydrogen (secondary N) is 1. The zero-order valence-electron chi connectivity index (χ0n) is 19.1. The minimum atomic E-state index is -0.574. The number of aromatic nitrogens is 4. The molecule has 3 aromatic rings. The van der Waals surface area contributed by atoms with Crippen molar-refractivity contribution in [3.63, 3.8) is 0 Å². The highest BCUT2D eigenvalue weighted by atomic mass is 16.6. The Bertz CT molecular complexity index is 1130. The van der Waals surface area contributed by atoms with E-state index in [0.717, 1.165) is 11.3 Å². The molecule has 0 radical (unpaired) electrons. The predicted octanol–water partition coefficient (Wildman–Crippen LogP) is 2.37. The van der Waals surface area contributed by atoms with E-state index in [4.69, 9.17) is 18.9 Å². The Labute approximate surface area is 196 Å². The fourth-order valence-electron chi connectivity index (χ4n) is 4.23. The first kappa shape index (κ1) is 22.1. The molecule has 2 saturated heterocycles. The summed E-state index contributed by atoms with van der Waals surface area (Å²) in [6, 6.07) is 14.7. The second-order valence-corrected chi connectivity index (χ2v) is 8.35. The maximum Gasteiger partial charge on any atom is 0.412 e. The number of hydrogen-bond donors (Lipinski definition) is 1. The van der Waals surface area contributed by atoms with Crippen LogP contribution < -0.4 is 15.0 Å². The third-order valence-electron chi connectivity index (χ3n) is 6.03.